The van der Waals surface area contributed by atoms with Gasteiger partial charge in [-0.15, -0.1) is 5.10 Å². The molecule has 0 amide bonds. The molecule has 0 saturated carbocycles. The summed E-state index contributed by atoms with van der Waals surface area (Å²) < 4.78 is 7.44. The second kappa shape index (κ2) is 9.24. The van der Waals surface area contributed by atoms with E-state index in [0.717, 1.165) is 33.5 Å². The fraction of sp³-hybridized carbons (Fsp3) is 0.233. The van der Waals surface area contributed by atoms with Crippen molar-refractivity contribution in [2.24, 2.45) is 11.3 Å². The van der Waals surface area contributed by atoms with E-state index in [2.05, 4.69) is 23.3 Å². The van der Waals surface area contributed by atoms with E-state index in [1.54, 1.807) is 13.2 Å². The van der Waals surface area contributed by atoms with Gasteiger partial charge in [0.05, 0.1) is 12.6 Å². The predicted molar refractivity (Wildman–Crippen MR) is 144 cm³/mol. The quantitative estimate of drug-likeness (QED) is 0.218. The lowest BCUT2D eigenvalue weighted by atomic mass is 9.68. The van der Waals surface area contributed by atoms with E-state index < -0.39 is 11.0 Å². The molecule has 0 radical (unpaired) electrons. The first-order valence-corrected chi connectivity index (χ1v) is 12.2. The van der Waals surface area contributed by atoms with Crippen LogP contribution < -0.4 is 4.74 Å². The number of nitrogens with zero attached hydrogens (tertiary/aromatic N) is 4. The molecule has 4 aromatic rings. The first-order valence-electron chi connectivity index (χ1n) is 12.2. The largest absolute Gasteiger partial charge is 0.497 e. The minimum Gasteiger partial charge on any atom is -0.497 e. The maximum atomic E-state index is 12.1. The van der Waals surface area contributed by atoms with Crippen LogP contribution in [0.4, 0.5) is 0 Å². The third kappa shape index (κ3) is 4.06. The molecule has 7 heteroatoms. The molecule has 188 valence electrons. The summed E-state index contributed by atoms with van der Waals surface area (Å²) in [6.07, 6.45) is 5.74. The SMILES string of the molecule is COc1ccc(C(c2ccccc2)(C2C=C/C(=[N+](/[O-])O)C(C(C)(C)C)=C2)n2nnc3ccccc32)cc1. The van der Waals surface area contributed by atoms with E-state index >= 15 is 0 Å². The van der Waals surface area contributed by atoms with Gasteiger partial charge in [0.1, 0.15) is 16.8 Å². The molecule has 0 spiro atoms. The average molecular weight is 495 g/mol. The molecular formula is C30H30N4O3. The van der Waals surface area contributed by atoms with E-state index in [1.165, 1.54) is 0 Å². The smallest absolute Gasteiger partial charge is 0.270 e. The van der Waals surface area contributed by atoms with Gasteiger partial charge >= 0.3 is 0 Å². The second-order valence-electron chi connectivity index (χ2n) is 10.2. The zero-order valence-corrected chi connectivity index (χ0v) is 21.4. The van der Waals surface area contributed by atoms with E-state index in [4.69, 9.17) is 9.95 Å². The summed E-state index contributed by atoms with van der Waals surface area (Å²) in [4.78, 5) is -0.0494. The van der Waals surface area contributed by atoms with Crippen LogP contribution in [0.25, 0.3) is 11.0 Å². The van der Waals surface area contributed by atoms with Gasteiger partial charge in [-0.2, -0.15) is 0 Å². The van der Waals surface area contributed by atoms with E-state index in [9.17, 15) is 10.4 Å². The Morgan fingerprint density at radius 3 is 2.22 bits per heavy atom. The summed E-state index contributed by atoms with van der Waals surface area (Å²) in [5.74, 6) is 0.462. The van der Waals surface area contributed by atoms with Crippen molar-refractivity contribution in [1.29, 1.82) is 0 Å². The van der Waals surface area contributed by atoms with Crippen LogP contribution in [-0.2, 0) is 5.54 Å². The topological polar surface area (TPSA) is 86.2 Å². The predicted octanol–water partition coefficient (Wildman–Crippen LogP) is 5.73. The molecule has 1 aliphatic rings. The van der Waals surface area contributed by atoms with Crippen molar-refractivity contribution in [2.75, 3.05) is 7.11 Å². The number of para-hydroxylation sites is 1. The summed E-state index contributed by atoms with van der Waals surface area (Å²) in [5.41, 5.74) is 3.33. The summed E-state index contributed by atoms with van der Waals surface area (Å²) in [6, 6.07) is 26.1. The lowest BCUT2D eigenvalue weighted by Crippen LogP contribution is -2.44. The molecule has 3 aromatic carbocycles. The second-order valence-corrected chi connectivity index (χ2v) is 10.2. The highest BCUT2D eigenvalue weighted by Gasteiger charge is 2.46. The van der Waals surface area contributed by atoms with E-state index in [1.807, 2.05) is 98.3 Å². The maximum Gasteiger partial charge on any atom is 0.270 e. The Kier molecular flexibility index (Phi) is 6.07. The first-order chi connectivity index (χ1) is 17.8. The molecule has 0 saturated heterocycles. The van der Waals surface area contributed by atoms with Crippen LogP contribution in [0.1, 0.15) is 31.9 Å². The standard InChI is InChI=1S/C30H30N4O3/c1-29(2,3)25-20-23(16-19-27(25)34(35)36)30(21-10-6-5-7-11-21,22-14-17-24(37-4)18-15-22)33-28-13-9-8-12-26(28)31-32-33/h5-20,23H,1-4H3,(H,35,36). The van der Waals surface area contributed by atoms with Crippen molar-refractivity contribution in [3.05, 3.63) is 119 Å². The monoisotopic (exact) mass is 494 g/mol. The highest BCUT2D eigenvalue weighted by Crippen LogP contribution is 2.46. The lowest BCUT2D eigenvalue weighted by molar-refractivity contribution is -0.725. The van der Waals surface area contributed by atoms with Crippen LogP contribution in [0.5, 0.6) is 5.75 Å². The molecule has 7 nitrogen and oxygen atoms in total. The van der Waals surface area contributed by atoms with Gasteiger partial charge in [-0.05, 0) is 40.8 Å². The first kappa shape index (κ1) is 24.3. The number of fused-ring (bicyclic) bond motifs is 1. The number of hydrogen-bond acceptors (Lipinski definition) is 5. The fourth-order valence-corrected chi connectivity index (χ4v) is 5.27. The van der Waals surface area contributed by atoms with Gasteiger partial charge in [0.15, 0.2) is 0 Å². The van der Waals surface area contributed by atoms with E-state index in [0.29, 0.717) is 0 Å². The number of rotatable bonds is 5. The number of allylic oxidation sites excluding steroid dienone is 4. The molecule has 0 aliphatic heterocycles. The molecule has 1 N–H and O–H groups in total. The third-order valence-electron chi connectivity index (χ3n) is 7.01. The molecule has 0 fully saturated rings. The summed E-state index contributed by atoms with van der Waals surface area (Å²) in [6.45, 7) is 6.09. The molecule has 37 heavy (non-hydrogen) atoms. The van der Waals surface area contributed by atoms with Crippen molar-refractivity contribution >= 4 is 16.7 Å². The van der Waals surface area contributed by atoms with Gasteiger partial charge in [0, 0.05) is 22.5 Å². The van der Waals surface area contributed by atoms with Gasteiger partial charge in [-0.3, -0.25) is 5.21 Å². The summed E-state index contributed by atoms with van der Waals surface area (Å²) in [5, 5.41) is 31.3. The molecular weight excluding hydrogens is 464 g/mol. The Labute approximate surface area is 216 Å². The molecule has 0 bridgehead atoms. The van der Waals surface area contributed by atoms with Crippen molar-refractivity contribution in [1.82, 2.24) is 15.0 Å². The zero-order chi connectivity index (χ0) is 26.2. The minimum absolute atomic E-state index is 0.0494. The molecule has 1 aliphatic carbocycles. The number of hydrogen-bond donors (Lipinski definition) is 1. The maximum absolute atomic E-state index is 12.1. The minimum atomic E-state index is -0.870. The number of methoxy groups -OCH3 is 1. The fourth-order valence-electron chi connectivity index (χ4n) is 5.27. The van der Waals surface area contributed by atoms with Crippen molar-refractivity contribution in [3.63, 3.8) is 0 Å². The normalized spacial score (nSPS) is 18.8. The summed E-state index contributed by atoms with van der Waals surface area (Å²) >= 11 is 0. The lowest BCUT2D eigenvalue weighted by Gasteiger charge is -2.41. The van der Waals surface area contributed by atoms with Crippen LogP contribution in [0.3, 0.4) is 0 Å². The van der Waals surface area contributed by atoms with Crippen molar-refractivity contribution in [2.45, 2.75) is 26.3 Å². The summed E-state index contributed by atoms with van der Waals surface area (Å²) in [7, 11) is 1.65. The number of benzene rings is 3. The molecule has 1 aromatic heterocycles. The van der Waals surface area contributed by atoms with Gasteiger partial charge in [-0.25, -0.2) is 4.68 Å². The molecule has 2 unspecified atom stereocenters. The van der Waals surface area contributed by atoms with E-state index in [-0.39, 0.29) is 16.5 Å². The van der Waals surface area contributed by atoms with Crippen LogP contribution in [0.15, 0.2) is 103 Å². The van der Waals surface area contributed by atoms with Crippen LogP contribution in [0.2, 0.25) is 0 Å². The van der Waals surface area contributed by atoms with Crippen molar-refractivity contribution in [3.8, 4) is 5.75 Å². The number of ether oxygens (including phenoxy) is 1. The van der Waals surface area contributed by atoms with Gasteiger partial charge < -0.3 is 9.94 Å². The Balaban J connectivity index is 1.91. The van der Waals surface area contributed by atoms with Gasteiger partial charge in [-0.1, -0.05) is 92.7 Å². The third-order valence-corrected chi connectivity index (χ3v) is 7.01. The Morgan fingerprint density at radius 1 is 0.919 bits per heavy atom. The highest BCUT2D eigenvalue weighted by atomic mass is 16.8. The van der Waals surface area contributed by atoms with Gasteiger partial charge in [0.2, 0.25) is 0 Å². The average Bonchev–Trinajstić information content (AvgIpc) is 3.34. The molecule has 1 heterocycles. The van der Waals surface area contributed by atoms with Crippen LogP contribution in [0, 0.1) is 16.5 Å². The number of aromatic nitrogens is 3. The Morgan fingerprint density at radius 2 is 1.57 bits per heavy atom. The Bertz CT molecular complexity index is 1510. The Hall–Kier alpha value is -4.39. The van der Waals surface area contributed by atoms with Crippen LogP contribution in [-0.4, -0.2) is 37.9 Å². The highest BCUT2D eigenvalue weighted by molar-refractivity contribution is 6.06. The van der Waals surface area contributed by atoms with Crippen LogP contribution >= 0.6 is 0 Å². The van der Waals surface area contributed by atoms with Gasteiger partial charge in [0.25, 0.3) is 5.71 Å². The molecule has 2 atom stereocenters. The molecule has 5 rings (SSSR count). The zero-order valence-electron chi connectivity index (χ0n) is 21.4. The van der Waals surface area contributed by atoms with Crippen molar-refractivity contribution < 1.29 is 14.8 Å².